The van der Waals surface area contributed by atoms with E-state index in [9.17, 15) is 18.0 Å². The van der Waals surface area contributed by atoms with Gasteiger partial charge in [-0.2, -0.15) is 8.42 Å². The quantitative estimate of drug-likeness (QED) is 0.303. The summed E-state index contributed by atoms with van der Waals surface area (Å²) in [6, 6.07) is 0. The molecule has 0 aliphatic rings. The second-order valence-electron chi connectivity index (χ2n) is 5.70. The molecule has 1 amide bonds. The summed E-state index contributed by atoms with van der Waals surface area (Å²) in [7, 11) is -3.64. The van der Waals surface area contributed by atoms with Crippen molar-refractivity contribution in [3.8, 4) is 0 Å². The molecule has 0 aliphatic carbocycles. The van der Waals surface area contributed by atoms with Crippen molar-refractivity contribution in [2.45, 2.75) is 33.6 Å². The summed E-state index contributed by atoms with van der Waals surface area (Å²) >= 11 is 0. The molecule has 0 spiro atoms. The van der Waals surface area contributed by atoms with Gasteiger partial charge in [0, 0.05) is 13.5 Å². The van der Waals surface area contributed by atoms with Crippen LogP contribution in [0.15, 0.2) is 0 Å². The average molecular weight is 338 g/mol. The summed E-state index contributed by atoms with van der Waals surface area (Å²) in [6.07, 6.45) is 0.747. The van der Waals surface area contributed by atoms with Gasteiger partial charge < -0.3 is 15.8 Å². The van der Waals surface area contributed by atoms with Gasteiger partial charge >= 0.3 is 5.97 Å². The van der Waals surface area contributed by atoms with Crippen LogP contribution in [0.2, 0.25) is 0 Å². The zero-order chi connectivity index (χ0) is 17.2. The predicted octanol–water partition coefficient (Wildman–Crippen LogP) is -0.223. The van der Waals surface area contributed by atoms with Crippen LogP contribution in [-0.2, 0) is 28.6 Å². The van der Waals surface area contributed by atoms with Gasteiger partial charge in [-0.05, 0) is 18.3 Å². The Morgan fingerprint density at radius 1 is 1.27 bits per heavy atom. The molecule has 0 saturated carbocycles. The summed E-state index contributed by atoms with van der Waals surface area (Å²) in [5, 5.41) is 2.52. The molecular weight excluding hydrogens is 312 g/mol. The van der Waals surface area contributed by atoms with Gasteiger partial charge in [-0.25, -0.2) is 0 Å². The number of nitrogens with two attached hydrogens (primary N) is 1. The van der Waals surface area contributed by atoms with Gasteiger partial charge in [-0.15, -0.1) is 0 Å². The lowest BCUT2D eigenvalue weighted by atomic mass is 9.91. The van der Waals surface area contributed by atoms with Crippen molar-refractivity contribution in [1.82, 2.24) is 5.32 Å². The van der Waals surface area contributed by atoms with Crippen molar-refractivity contribution in [3.63, 3.8) is 0 Å². The summed E-state index contributed by atoms with van der Waals surface area (Å²) in [4.78, 5) is 21.6. The third kappa shape index (κ3) is 11.5. The molecular formula is C13H26N2O6S. The molecule has 0 radical (unpaired) electrons. The molecule has 0 rings (SSSR count). The number of nitrogens with one attached hydrogen (secondary N) is 1. The van der Waals surface area contributed by atoms with Crippen LogP contribution >= 0.6 is 0 Å². The van der Waals surface area contributed by atoms with Crippen LogP contribution in [0.3, 0.4) is 0 Å². The fraction of sp³-hybridized carbons (Fsp3) is 0.846. The lowest BCUT2D eigenvalue weighted by molar-refractivity contribution is -0.142. The highest BCUT2D eigenvalue weighted by Gasteiger charge is 2.23. The third-order valence-electron chi connectivity index (χ3n) is 2.78. The number of ether oxygens (including phenoxy) is 1. The Hall–Kier alpha value is -1.19. The standard InChI is InChI=1S/C13H26N2O6S/c1-11(16)15-6-4-8-22(18,19)21-10-13(2,3)5-7-20-12(17)9-14/h4-10,14H2,1-3H3,(H,15,16). The molecule has 0 saturated heterocycles. The topological polar surface area (TPSA) is 125 Å². The van der Waals surface area contributed by atoms with Crippen LogP contribution < -0.4 is 11.1 Å². The number of esters is 1. The van der Waals surface area contributed by atoms with Crippen LogP contribution in [0.1, 0.15) is 33.6 Å². The number of amides is 1. The lowest BCUT2D eigenvalue weighted by Crippen LogP contribution is -2.27. The molecule has 3 N–H and O–H groups in total. The first-order valence-electron chi connectivity index (χ1n) is 7.05. The fourth-order valence-corrected chi connectivity index (χ4v) is 2.51. The highest BCUT2D eigenvalue weighted by Crippen LogP contribution is 2.21. The van der Waals surface area contributed by atoms with E-state index < -0.39 is 21.5 Å². The molecule has 0 fully saturated rings. The molecule has 130 valence electrons. The maximum atomic E-state index is 11.7. The van der Waals surface area contributed by atoms with E-state index in [0.717, 1.165) is 0 Å². The van der Waals surface area contributed by atoms with E-state index >= 15 is 0 Å². The maximum Gasteiger partial charge on any atom is 0.319 e. The highest BCUT2D eigenvalue weighted by atomic mass is 32.2. The van der Waals surface area contributed by atoms with Crippen molar-refractivity contribution in [2.75, 3.05) is 32.1 Å². The molecule has 0 unspecified atom stereocenters. The molecule has 0 atom stereocenters. The second-order valence-corrected chi connectivity index (χ2v) is 7.46. The minimum absolute atomic E-state index is 0.00432. The predicted molar refractivity (Wildman–Crippen MR) is 81.5 cm³/mol. The van der Waals surface area contributed by atoms with Crippen LogP contribution in [0.4, 0.5) is 0 Å². The normalized spacial score (nSPS) is 12.0. The number of hydrogen-bond donors (Lipinski definition) is 2. The van der Waals surface area contributed by atoms with Crippen molar-refractivity contribution in [2.24, 2.45) is 11.1 Å². The Balaban J connectivity index is 4.05. The van der Waals surface area contributed by atoms with Gasteiger partial charge in [0.15, 0.2) is 0 Å². The summed E-state index contributed by atoms with van der Waals surface area (Å²) in [5.74, 6) is -0.861. The molecule has 8 nitrogen and oxygen atoms in total. The monoisotopic (exact) mass is 338 g/mol. The molecule has 0 aromatic carbocycles. The first-order valence-corrected chi connectivity index (χ1v) is 8.63. The molecule has 9 heteroatoms. The average Bonchev–Trinajstić information content (AvgIpc) is 2.41. The van der Waals surface area contributed by atoms with E-state index in [1.54, 1.807) is 0 Å². The lowest BCUT2D eigenvalue weighted by Gasteiger charge is -2.23. The van der Waals surface area contributed by atoms with Crippen molar-refractivity contribution < 1.29 is 26.9 Å². The first kappa shape index (κ1) is 20.8. The van der Waals surface area contributed by atoms with Crippen molar-refractivity contribution in [3.05, 3.63) is 0 Å². The Bertz CT molecular complexity index is 461. The number of carbonyl (C=O) groups excluding carboxylic acids is 2. The molecule has 0 aromatic heterocycles. The highest BCUT2D eigenvalue weighted by molar-refractivity contribution is 7.86. The third-order valence-corrected chi connectivity index (χ3v) is 4.05. The van der Waals surface area contributed by atoms with E-state index in [-0.39, 0.29) is 44.4 Å². The van der Waals surface area contributed by atoms with Gasteiger partial charge in [0.2, 0.25) is 5.91 Å². The van der Waals surface area contributed by atoms with Gasteiger partial charge in [-0.1, -0.05) is 13.8 Å². The van der Waals surface area contributed by atoms with Gasteiger partial charge in [0.1, 0.15) is 0 Å². The zero-order valence-electron chi connectivity index (χ0n) is 13.4. The minimum Gasteiger partial charge on any atom is -0.465 e. The van der Waals surface area contributed by atoms with E-state index in [1.807, 2.05) is 13.8 Å². The van der Waals surface area contributed by atoms with Gasteiger partial charge in [0.05, 0.1) is 25.5 Å². The molecule has 0 aromatic rings. The zero-order valence-corrected chi connectivity index (χ0v) is 14.2. The van der Waals surface area contributed by atoms with E-state index in [4.69, 9.17) is 14.7 Å². The summed E-state index contributed by atoms with van der Waals surface area (Å²) in [5.41, 5.74) is 4.65. The molecule has 22 heavy (non-hydrogen) atoms. The minimum atomic E-state index is -3.64. The van der Waals surface area contributed by atoms with Crippen LogP contribution in [-0.4, -0.2) is 52.4 Å². The Morgan fingerprint density at radius 2 is 1.91 bits per heavy atom. The van der Waals surface area contributed by atoms with E-state index in [1.165, 1.54) is 6.92 Å². The smallest absolute Gasteiger partial charge is 0.319 e. The largest absolute Gasteiger partial charge is 0.465 e. The van der Waals surface area contributed by atoms with E-state index in [2.05, 4.69) is 5.32 Å². The fourth-order valence-electron chi connectivity index (χ4n) is 1.39. The van der Waals surface area contributed by atoms with Crippen molar-refractivity contribution in [1.29, 1.82) is 0 Å². The SMILES string of the molecule is CC(=O)NCCCS(=O)(=O)OCC(C)(C)CCOC(=O)CN. The first-order chi connectivity index (χ1) is 10.1. The number of rotatable bonds is 11. The van der Waals surface area contributed by atoms with Gasteiger partial charge in [0.25, 0.3) is 10.1 Å². The number of hydrogen-bond acceptors (Lipinski definition) is 7. The van der Waals surface area contributed by atoms with Crippen molar-refractivity contribution >= 4 is 22.0 Å². The summed E-state index contributed by atoms with van der Waals surface area (Å²) < 4.78 is 33.3. The number of carbonyl (C=O) groups is 2. The maximum absolute atomic E-state index is 11.7. The van der Waals surface area contributed by atoms with Crippen LogP contribution in [0.25, 0.3) is 0 Å². The molecule has 0 bridgehead atoms. The van der Waals surface area contributed by atoms with E-state index in [0.29, 0.717) is 6.42 Å². The summed E-state index contributed by atoms with van der Waals surface area (Å²) in [6.45, 7) is 5.26. The molecule has 0 heterocycles. The second kappa shape index (κ2) is 9.75. The van der Waals surface area contributed by atoms with Gasteiger partial charge in [-0.3, -0.25) is 13.8 Å². The Labute approximate surface area is 131 Å². The molecule has 0 aliphatic heterocycles. The van der Waals surface area contributed by atoms with Crippen LogP contribution in [0, 0.1) is 5.41 Å². The van der Waals surface area contributed by atoms with Crippen LogP contribution in [0.5, 0.6) is 0 Å². The Morgan fingerprint density at radius 3 is 2.45 bits per heavy atom. The Kier molecular flexibility index (Phi) is 9.22.